The first-order chi connectivity index (χ1) is 10.4. The highest BCUT2D eigenvalue weighted by molar-refractivity contribution is 14.0. The monoisotopic (exact) mass is 431 g/mol. The Balaban J connectivity index is 0.00000242. The van der Waals surface area contributed by atoms with E-state index in [1.165, 1.54) is 4.90 Å². The SMILES string of the molecule is CCNC(=NCc1ccco1)NCCSc1ccccc1.I. The second-order valence-corrected chi connectivity index (χ2v) is 5.53. The summed E-state index contributed by atoms with van der Waals surface area (Å²) in [5, 5.41) is 6.56. The third kappa shape index (κ3) is 7.22. The number of aliphatic imine (C=N–C) groups is 1. The minimum atomic E-state index is 0. The fraction of sp³-hybridized carbons (Fsp3) is 0.312. The number of halogens is 1. The van der Waals surface area contributed by atoms with Crippen molar-refractivity contribution in [3.8, 4) is 0 Å². The molecule has 0 bridgehead atoms. The van der Waals surface area contributed by atoms with Crippen LogP contribution < -0.4 is 10.6 Å². The molecule has 0 saturated carbocycles. The molecule has 1 aromatic carbocycles. The molecule has 2 aromatic rings. The van der Waals surface area contributed by atoms with E-state index in [1.54, 1.807) is 6.26 Å². The summed E-state index contributed by atoms with van der Waals surface area (Å²) in [7, 11) is 0. The number of rotatable bonds is 7. The van der Waals surface area contributed by atoms with E-state index < -0.39 is 0 Å². The van der Waals surface area contributed by atoms with E-state index in [0.717, 1.165) is 30.6 Å². The molecule has 0 spiro atoms. The van der Waals surface area contributed by atoms with E-state index in [1.807, 2.05) is 30.0 Å². The van der Waals surface area contributed by atoms with Gasteiger partial charge in [-0.05, 0) is 31.2 Å². The van der Waals surface area contributed by atoms with Crippen LogP contribution in [0.2, 0.25) is 0 Å². The highest BCUT2D eigenvalue weighted by atomic mass is 127. The Labute approximate surface area is 153 Å². The summed E-state index contributed by atoms with van der Waals surface area (Å²) in [4.78, 5) is 5.78. The minimum Gasteiger partial charge on any atom is -0.467 e. The first-order valence-electron chi connectivity index (χ1n) is 7.11. The zero-order valence-corrected chi connectivity index (χ0v) is 15.8. The first-order valence-corrected chi connectivity index (χ1v) is 8.09. The lowest BCUT2D eigenvalue weighted by Gasteiger charge is -2.10. The first kappa shape index (κ1) is 18.9. The van der Waals surface area contributed by atoms with Gasteiger partial charge < -0.3 is 15.1 Å². The van der Waals surface area contributed by atoms with E-state index in [4.69, 9.17) is 4.42 Å². The topological polar surface area (TPSA) is 49.6 Å². The number of hydrogen-bond donors (Lipinski definition) is 2. The number of guanidine groups is 1. The van der Waals surface area contributed by atoms with E-state index in [9.17, 15) is 0 Å². The molecular formula is C16H22IN3OS. The van der Waals surface area contributed by atoms with Crippen LogP contribution in [0.3, 0.4) is 0 Å². The third-order valence-corrected chi connectivity index (χ3v) is 3.74. The van der Waals surface area contributed by atoms with Gasteiger partial charge in [0.25, 0.3) is 0 Å². The highest BCUT2D eigenvalue weighted by Crippen LogP contribution is 2.15. The molecule has 0 amide bonds. The van der Waals surface area contributed by atoms with E-state index in [2.05, 4.69) is 46.8 Å². The van der Waals surface area contributed by atoms with Gasteiger partial charge in [-0.1, -0.05) is 18.2 Å². The van der Waals surface area contributed by atoms with Crippen molar-refractivity contribution in [2.24, 2.45) is 4.99 Å². The number of nitrogens with one attached hydrogen (secondary N) is 2. The zero-order chi connectivity index (χ0) is 14.8. The van der Waals surface area contributed by atoms with Crippen LogP contribution >= 0.6 is 35.7 Å². The molecule has 1 heterocycles. The van der Waals surface area contributed by atoms with Crippen LogP contribution in [0.15, 0.2) is 63.0 Å². The smallest absolute Gasteiger partial charge is 0.191 e. The summed E-state index contributed by atoms with van der Waals surface area (Å²) in [5.74, 6) is 2.68. The van der Waals surface area contributed by atoms with Gasteiger partial charge in [-0.2, -0.15) is 0 Å². The van der Waals surface area contributed by atoms with Crippen molar-refractivity contribution < 1.29 is 4.42 Å². The van der Waals surface area contributed by atoms with E-state index >= 15 is 0 Å². The minimum absolute atomic E-state index is 0. The van der Waals surface area contributed by atoms with E-state index in [-0.39, 0.29) is 24.0 Å². The Morgan fingerprint density at radius 1 is 1.14 bits per heavy atom. The molecule has 1 aromatic heterocycles. The average Bonchev–Trinajstić information content (AvgIpc) is 3.03. The standard InChI is InChI=1S/C16H21N3OS.HI/c1-2-17-16(19-13-14-7-6-11-20-14)18-10-12-21-15-8-4-3-5-9-15;/h3-9,11H,2,10,12-13H2,1H3,(H2,17,18,19);1H. The Bertz CT molecular complexity index is 532. The third-order valence-electron chi connectivity index (χ3n) is 2.72. The summed E-state index contributed by atoms with van der Waals surface area (Å²) in [6, 6.07) is 14.2. The molecule has 0 radical (unpaired) electrons. The summed E-state index contributed by atoms with van der Waals surface area (Å²) < 4.78 is 5.28. The molecule has 6 heteroatoms. The van der Waals surface area contributed by atoms with Gasteiger partial charge in [0.05, 0.1) is 6.26 Å². The van der Waals surface area contributed by atoms with Gasteiger partial charge in [0.2, 0.25) is 0 Å². The number of benzene rings is 1. The predicted octanol–water partition coefficient (Wildman–Crippen LogP) is 3.75. The maximum atomic E-state index is 5.28. The second kappa shape index (κ2) is 11.4. The van der Waals surface area contributed by atoms with Crippen LogP contribution in [0.25, 0.3) is 0 Å². The van der Waals surface area contributed by atoms with Crippen molar-refractivity contribution in [2.45, 2.75) is 18.4 Å². The molecule has 0 fully saturated rings. The number of furan rings is 1. The summed E-state index contributed by atoms with van der Waals surface area (Å²) in [5.41, 5.74) is 0. The molecule has 0 unspecified atom stereocenters. The van der Waals surface area contributed by atoms with Gasteiger partial charge in [0.1, 0.15) is 12.3 Å². The van der Waals surface area contributed by atoms with Crippen LogP contribution in [-0.2, 0) is 6.54 Å². The lowest BCUT2D eigenvalue weighted by molar-refractivity contribution is 0.512. The lowest BCUT2D eigenvalue weighted by Crippen LogP contribution is -2.38. The lowest BCUT2D eigenvalue weighted by atomic mass is 10.4. The normalized spacial score (nSPS) is 10.9. The average molecular weight is 431 g/mol. The predicted molar refractivity (Wildman–Crippen MR) is 104 cm³/mol. The zero-order valence-electron chi connectivity index (χ0n) is 12.6. The molecule has 4 nitrogen and oxygen atoms in total. The van der Waals surface area contributed by atoms with Crippen LogP contribution in [0, 0.1) is 0 Å². The van der Waals surface area contributed by atoms with Gasteiger partial charge in [0, 0.05) is 23.7 Å². The molecule has 0 aliphatic carbocycles. The highest BCUT2D eigenvalue weighted by Gasteiger charge is 1.99. The van der Waals surface area contributed by atoms with Gasteiger partial charge in [-0.3, -0.25) is 0 Å². The molecule has 2 rings (SSSR count). The molecule has 0 aliphatic rings. The quantitative estimate of drug-likeness (QED) is 0.231. The van der Waals surface area contributed by atoms with Crippen molar-refractivity contribution in [3.63, 3.8) is 0 Å². The molecule has 2 N–H and O–H groups in total. The van der Waals surface area contributed by atoms with Crippen LogP contribution in [0.5, 0.6) is 0 Å². The van der Waals surface area contributed by atoms with Crippen molar-refractivity contribution in [1.82, 2.24) is 10.6 Å². The van der Waals surface area contributed by atoms with Crippen LogP contribution in [-0.4, -0.2) is 24.8 Å². The maximum absolute atomic E-state index is 5.28. The Hall–Kier alpha value is -1.15. The largest absolute Gasteiger partial charge is 0.467 e. The van der Waals surface area contributed by atoms with Crippen molar-refractivity contribution in [1.29, 1.82) is 0 Å². The number of thioether (sulfide) groups is 1. The van der Waals surface area contributed by atoms with Crippen molar-refractivity contribution >= 4 is 41.7 Å². The van der Waals surface area contributed by atoms with Gasteiger partial charge in [-0.25, -0.2) is 4.99 Å². The second-order valence-electron chi connectivity index (χ2n) is 4.36. The van der Waals surface area contributed by atoms with Crippen LogP contribution in [0.1, 0.15) is 12.7 Å². The molecular weight excluding hydrogens is 409 g/mol. The summed E-state index contributed by atoms with van der Waals surface area (Å²) >= 11 is 1.83. The fourth-order valence-corrected chi connectivity index (χ4v) is 2.55. The van der Waals surface area contributed by atoms with Crippen molar-refractivity contribution in [3.05, 3.63) is 54.5 Å². The van der Waals surface area contributed by atoms with Crippen molar-refractivity contribution in [2.75, 3.05) is 18.8 Å². The van der Waals surface area contributed by atoms with Crippen LogP contribution in [0.4, 0.5) is 0 Å². The molecule has 0 aliphatic heterocycles. The fourth-order valence-electron chi connectivity index (χ4n) is 1.76. The summed E-state index contributed by atoms with van der Waals surface area (Å²) in [6.45, 7) is 4.32. The number of nitrogens with zero attached hydrogens (tertiary/aromatic N) is 1. The Kier molecular flexibility index (Phi) is 9.81. The van der Waals surface area contributed by atoms with Gasteiger partial charge >= 0.3 is 0 Å². The Morgan fingerprint density at radius 2 is 1.95 bits per heavy atom. The maximum Gasteiger partial charge on any atom is 0.191 e. The molecule has 120 valence electrons. The summed E-state index contributed by atoms with van der Waals surface area (Å²) in [6.07, 6.45) is 1.67. The molecule has 22 heavy (non-hydrogen) atoms. The molecule has 0 saturated heterocycles. The van der Waals surface area contributed by atoms with Gasteiger partial charge in [0.15, 0.2) is 5.96 Å². The Morgan fingerprint density at radius 3 is 2.64 bits per heavy atom. The van der Waals surface area contributed by atoms with E-state index in [0.29, 0.717) is 6.54 Å². The molecule has 0 atom stereocenters. The number of hydrogen-bond acceptors (Lipinski definition) is 3. The van der Waals surface area contributed by atoms with Gasteiger partial charge in [-0.15, -0.1) is 35.7 Å².